The van der Waals surface area contributed by atoms with Crippen LogP contribution in [0.3, 0.4) is 0 Å². The molecule has 3 rings (SSSR count). The van der Waals surface area contributed by atoms with Gasteiger partial charge in [0.25, 0.3) is 5.89 Å². The average molecular weight is 432 g/mol. The summed E-state index contributed by atoms with van der Waals surface area (Å²) in [4.78, 5) is 0.782. The van der Waals surface area contributed by atoms with E-state index in [0.717, 1.165) is 4.88 Å². The maximum absolute atomic E-state index is 13.0. The Balaban J connectivity index is 1.90. The Morgan fingerprint density at radius 1 is 1.19 bits per heavy atom. The number of halogens is 2. The topological polar surface area (TPSA) is 76.3 Å². The summed E-state index contributed by atoms with van der Waals surface area (Å²) in [6.45, 7) is 2.12. The van der Waals surface area contributed by atoms with E-state index in [4.69, 9.17) is 27.6 Å². The summed E-state index contributed by atoms with van der Waals surface area (Å²) < 4.78 is 32.9. The molecule has 138 valence electrons. The molecule has 6 nitrogen and oxygen atoms in total. The summed E-state index contributed by atoms with van der Waals surface area (Å²) in [6.07, 6.45) is 0.614. The van der Waals surface area contributed by atoms with Gasteiger partial charge in [0.1, 0.15) is 4.90 Å². The van der Waals surface area contributed by atoms with Crippen molar-refractivity contribution in [2.75, 3.05) is 6.54 Å². The number of benzene rings is 1. The molecule has 2 heterocycles. The van der Waals surface area contributed by atoms with Crippen molar-refractivity contribution in [3.63, 3.8) is 0 Å². The number of hydrogen-bond donors (Lipinski definition) is 0. The lowest BCUT2D eigenvalue weighted by Crippen LogP contribution is -2.31. The lowest BCUT2D eigenvalue weighted by molar-refractivity contribution is 0.357. The molecule has 0 aliphatic carbocycles. The van der Waals surface area contributed by atoms with Gasteiger partial charge in [0.05, 0.1) is 21.5 Å². The number of aromatic nitrogens is 2. The lowest BCUT2D eigenvalue weighted by Gasteiger charge is -2.20. The lowest BCUT2D eigenvalue weighted by atomic mass is 10.4. The summed E-state index contributed by atoms with van der Waals surface area (Å²) in [6, 6.07) is 8.25. The fraction of sp³-hybridized carbons (Fsp3) is 0.250. The zero-order valence-electron chi connectivity index (χ0n) is 13.7. The molecule has 1 aromatic carbocycles. The van der Waals surface area contributed by atoms with Crippen molar-refractivity contribution in [1.82, 2.24) is 14.5 Å². The molecule has 0 N–H and O–H groups in total. The summed E-state index contributed by atoms with van der Waals surface area (Å²) in [5, 5.41) is 10.0. The summed E-state index contributed by atoms with van der Waals surface area (Å²) in [5.74, 6) is 0.577. The van der Waals surface area contributed by atoms with Crippen LogP contribution in [0.2, 0.25) is 10.0 Å². The van der Waals surface area contributed by atoms with Gasteiger partial charge in [-0.1, -0.05) is 42.3 Å². The Morgan fingerprint density at radius 2 is 2.00 bits per heavy atom. The standard InChI is InChI=1S/C16H15Cl2N3O3S2/c1-2-8-21(26(22,23)13-7-3-5-11(17)15(13)18)10-14-19-20-16(24-14)12-6-4-9-25-12/h3-7,9H,2,8,10H2,1H3. The second kappa shape index (κ2) is 8.06. The molecule has 0 saturated heterocycles. The first-order valence-corrected chi connectivity index (χ1v) is 10.8. The van der Waals surface area contributed by atoms with Crippen LogP contribution >= 0.6 is 34.5 Å². The van der Waals surface area contributed by atoms with E-state index in [1.54, 1.807) is 12.1 Å². The van der Waals surface area contributed by atoms with Crippen molar-refractivity contribution in [2.24, 2.45) is 0 Å². The van der Waals surface area contributed by atoms with Crippen molar-refractivity contribution in [3.05, 3.63) is 51.6 Å². The van der Waals surface area contributed by atoms with Crippen LogP contribution in [-0.4, -0.2) is 29.5 Å². The molecule has 0 aliphatic heterocycles. The van der Waals surface area contributed by atoms with Crippen molar-refractivity contribution in [2.45, 2.75) is 24.8 Å². The quantitative estimate of drug-likeness (QED) is 0.541. The molecule has 0 saturated carbocycles. The number of rotatable bonds is 7. The van der Waals surface area contributed by atoms with Crippen LogP contribution in [0.4, 0.5) is 0 Å². The molecule has 0 atom stereocenters. The number of hydrogen-bond acceptors (Lipinski definition) is 6. The molecular weight excluding hydrogens is 417 g/mol. The Bertz CT molecular complexity index is 988. The minimum atomic E-state index is -3.87. The third-order valence-electron chi connectivity index (χ3n) is 3.52. The first kappa shape index (κ1) is 19.3. The number of nitrogens with zero attached hydrogens (tertiary/aromatic N) is 3. The predicted octanol–water partition coefficient (Wildman–Crippen LogP) is 4.71. The maximum Gasteiger partial charge on any atom is 0.257 e. The van der Waals surface area contributed by atoms with Gasteiger partial charge in [-0.05, 0) is 30.0 Å². The first-order chi connectivity index (χ1) is 12.4. The van der Waals surface area contributed by atoms with Gasteiger partial charge in [0, 0.05) is 6.54 Å². The van der Waals surface area contributed by atoms with Crippen molar-refractivity contribution >= 4 is 44.6 Å². The van der Waals surface area contributed by atoms with Gasteiger partial charge in [-0.15, -0.1) is 21.5 Å². The van der Waals surface area contributed by atoms with Crippen LogP contribution in [0.15, 0.2) is 45.0 Å². The molecule has 0 spiro atoms. The normalized spacial score (nSPS) is 12.0. The molecule has 0 unspecified atom stereocenters. The third-order valence-corrected chi connectivity index (χ3v) is 7.19. The zero-order chi connectivity index (χ0) is 18.7. The van der Waals surface area contributed by atoms with E-state index in [1.807, 2.05) is 24.4 Å². The van der Waals surface area contributed by atoms with Crippen LogP contribution in [0, 0.1) is 0 Å². The van der Waals surface area contributed by atoms with Gasteiger partial charge in [0.15, 0.2) is 0 Å². The molecule has 0 fully saturated rings. The van der Waals surface area contributed by atoms with Gasteiger partial charge >= 0.3 is 0 Å². The molecule has 10 heteroatoms. The number of thiophene rings is 1. The van der Waals surface area contributed by atoms with Crippen LogP contribution in [0.5, 0.6) is 0 Å². The van der Waals surface area contributed by atoms with Gasteiger partial charge in [0.2, 0.25) is 15.9 Å². The summed E-state index contributed by atoms with van der Waals surface area (Å²) >= 11 is 13.5. The fourth-order valence-electron chi connectivity index (χ4n) is 2.32. The minimum absolute atomic E-state index is 0.0000680. The molecule has 26 heavy (non-hydrogen) atoms. The fourth-order valence-corrected chi connectivity index (χ4v) is 5.19. The largest absolute Gasteiger partial charge is 0.418 e. The van der Waals surface area contributed by atoms with E-state index >= 15 is 0 Å². The summed E-state index contributed by atoms with van der Waals surface area (Å²) in [5.41, 5.74) is 0. The molecule has 3 aromatic rings. The molecule has 0 amide bonds. The van der Waals surface area contributed by atoms with E-state index in [2.05, 4.69) is 10.2 Å². The molecular formula is C16H15Cl2N3O3S2. The van der Waals surface area contributed by atoms with E-state index < -0.39 is 10.0 Å². The van der Waals surface area contributed by atoms with Crippen LogP contribution in [0.25, 0.3) is 10.8 Å². The summed E-state index contributed by atoms with van der Waals surface area (Å²) in [7, 11) is -3.87. The van der Waals surface area contributed by atoms with Gasteiger partial charge in [-0.2, -0.15) is 4.31 Å². The minimum Gasteiger partial charge on any atom is -0.418 e. The Labute approximate surface area is 165 Å². The van der Waals surface area contributed by atoms with Gasteiger partial charge in [-0.25, -0.2) is 8.42 Å². The van der Waals surface area contributed by atoms with E-state index in [9.17, 15) is 8.42 Å². The van der Waals surface area contributed by atoms with Gasteiger partial charge < -0.3 is 4.42 Å². The van der Waals surface area contributed by atoms with Crippen molar-refractivity contribution in [3.8, 4) is 10.8 Å². The molecule has 0 bridgehead atoms. The number of sulfonamides is 1. The smallest absolute Gasteiger partial charge is 0.257 e. The molecule has 0 aliphatic rings. The molecule has 0 radical (unpaired) electrons. The SMILES string of the molecule is CCCN(Cc1nnc(-c2cccs2)o1)S(=O)(=O)c1cccc(Cl)c1Cl. The average Bonchev–Trinajstić information content (AvgIpc) is 3.28. The second-order valence-electron chi connectivity index (χ2n) is 5.37. The van der Waals surface area contributed by atoms with Crippen LogP contribution < -0.4 is 0 Å². The van der Waals surface area contributed by atoms with E-state index in [1.165, 1.54) is 21.7 Å². The van der Waals surface area contributed by atoms with Crippen molar-refractivity contribution < 1.29 is 12.8 Å². The first-order valence-electron chi connectivity index (χ1n) is 7.74. The Kier molecular flexibility index (Phi) is 5.99. The highest BCUT2D eigenvalue weighted by atomic mass is 35.5. The maximum atomic E-state index is 13.0. The Hall–Kier alpha value is -1.45. The van der Waals surface area contributed by atoms with Gasteiger partial charge in [-0.3, -0.25) is 0 Å². The van der Waals surface area contributed by atoms with Crippen LogP contribution in [-0.2, 0) is 16.6 Å². The monoisotopic (exact) mass is 431 g/mol. The zero-order valence-corrected chi connectivity index (χ0v) is 16.9. The predicted molar refractivity (Wildman–Crippen MR) is 102 cm³/mol. The second-order valence-corrected chi connectivity index (χ2v) is 9.01. The van der Waals surface area contributed by atoms with E-state index in [0.29, 0.717) is 12.3 Å². The Morgan fingerprint density at radius 3 is 2.69 bits per heavy atom. The van der Waals surface area contributed by atoms with Crippen LogP contribution in [0.1, 0.15) is 19.2 Å². The highest BCUT2D eigenvalue weighted by Gasteiger charge is 2.29. The third kappa shape index (κ3) is 3.94. The van der Waals surface area contributed by atoms with Crippen molar-refractivity contribution in [1.29, 1.82) is 0 Å². The molecule has 2 aromatic heterocycles. The van der Waals surface area contributed by atoms with E-state index in [-0.39, 0.29) is 33.9 Å². The highest BCUT2D eigenvalue weighted by Crippen LogP contribution is 2.32. The highest BCUT2D eigenvalue weighted by molar-refractivity contribution is 7.89.